The van der Waals surface area contributed by atoms with Crippen LogP contribution >= 0.6 is 0 Å². The second kappa shape index (κ2) is 6.75. The molecule has 3 aromatic heterocycles. The number of aromatic nitrogens is 4. The van der Waals surface area contributed by atoms with E-state index in [9.17, 15) is 0 Å². The number of nitrogens with one attached hydrogen (secondary N) is 1. The van der Waals surface area contributed by atoms with Gasteiger partial charge in [-0.3, -0.25) is 4.98 Å². The van der Waals surface area contributed by atoms with Crippen molar-refractivity contribution in [3.05, 3.63) is 48.2 Å². The molecule has 1 N–H and O–H groups in total. The van der Waals surface area contributed by atoms with Gasteiger partial charge in [0.2, 0.25) is 0 Å². The van der Waals surface area contributed by atoms with Crippen LogP contribution in [0.5, 0.6) is 0 Å². The van der Waals surface area contributed by atoms with Crippen LogP contribution < -0.4 is 5.32 Å². The van der Waals surface area contributed by atoms with Gasteiger partial charge in [-0.1, -0.05) is 6.07 Å². The number of fused-ring (bicyclic) bond motifs is 1. The number of hydrogen-bond acceptors (Lipinski definition) is 5. The number of nitrogens with zero attached hydrogens (tertiary/aromatic N) is 4. The lowest BCUT2D eigenvalue weighted by molar-refractivity contribution is 0.190. The van der Waals surface area contributed by atoms with Gasteiger partial charge in [-0.2, -0.15) is 0 Å². The minimum atomic E-state index is 0.163. The highest BCUT2D eigenvalue weighted by Crippen LogP contribution is 2.23. The van der Waals surface area contributed by atoms with Gasteiger partial charge in [-0.05, 0) is 32.0 Å². The first-order valence-corrected chi connectivity index (χ1v) is 7.66. The highest BCUT2D eigenvalue weighted by Gasteiger charge is 2.13. The normalized spacial score (nSPS) is 12.5. The molecule has 0 unspecified atom stereocenters. The molecule has 0 amide bonds. The highest BCUT2D eigenvalue weighted by molar-refractivity contribution is 5.86. The Morgan fingerprint density at radius 1 is 1.26 bits per heavy atom. The number of aryl methyl sites for hydroxylation is 1. The summed E-state index contributed by atoms with van der Waals surface area (Å²) < 4.78 is 7.33. The van der Waals surface area contributed by atoms with Gasteiger partial charge in [-0.15, -0.1) is 0 Å². The Morgan fingerprint density at radius 3 is 2.87 bits per heavy atom. The fourth-order valence-corrected chi connectivity index (χ4v) is 2.65. The molecule has 0 spiro atoms. The van der Waals surface area contributed by atoms with Gasteiger partial charge in [0.25, 0.3) is 0 Å². The maximum absolute atomic E-state index is 5.20. The van der Waals surface area contributed by atoms with E-state index in [2.05, 4.69) is 31.8 Å². The summed E-state index contributed by atoms with van der Waals surface area (Å²) in [6.45, 7) is 5.27. The van der Waals surface area contributed by atoms with Crippen LogP contribution in [0.25, 0.3) is 11.0 Å². The zero-order chi connectivity index (χ0) is 16.2. The molecular weight excluding hydrogens is 290 g/mol. The van der Waals surface area contributed by atoms with Crippen molar-refractivity contribution < 1.29 is 4.74 Å². The van der Waals surface area contributed by atoms with Crippen molar-refractivity contribution in [2.75, 3.05) is 19.0 Å². The topological polar surface area (TPSA) is 64.9 Å². The van der Waals surface area contributed by atoms with E-state index in [0.717, 1.165) is 28.4 Å². The van der Waals surface area contributed by atoms with Crippen molar-refractivity contribution in [3.63, 3.8) is 0 Å². The number of anilines is 1. The fourth-order valence-electron chi connectivity index (χ4n) is 2.65. The van der Waals surface area contributed by atoms with E-state index in [1.807, 2.05) is 43.6 Å². The molecule has 0 fully saturated rings. The number of ether oxygens (including phenoxy) is 1. The summed E-state index contributed by atoms with van der Waals surface area (Å²) in [5.74, 6) is 1.58. The lowest BCUT2D eigenvalue weighted by Crippen LogP contribution is -2.22. The minimum absolute atomic E-state index is 0.163. The third-order valence-corrected chi connectivity index (χ3v) is 3.58. The van der Waals surface area contributed by atoms with Gasteiger partial charge >= 0.3 is 0 Å². The third kappa shape index (κ3) is 3.48. The van der Waals surface area contributed by atoms with Crippen LogP contribution in [0.4, 0.5) is 5.82 Å². The molecule has 0 aliphatic carbocycles. The van der Waals surface area contributed by atoms with Crippen LogP contribution in [0.15, 0.2) is 36.7 Å². The van der Waals surface area contributed by atoms with Crippen molar-refractivity contribution in [3.8, 4) is 0 Å². The van der Waals surface area contributed by atoms with Gasteiger partial charge in [0.1, 0.15) is 11.3 Å². The molecule has 0 aliphatic heterocycles. The Kier molecular flexibility index (Phi) is 4.52. The van der Waals surface area contributed by atoms with E-state index in [4.69, 9.17) is 4.74 Å². The lowest BCUT2D eigenvalue weighted by atomic mass is 10.3. The molecule has 0 saturated heterocycles. The van der Waals surface area contributed by atoms with Crippen LogP contribution in [0.3, 0.4) is 0 Å². The quantitative estimate of drug-likeness (QED) is 0.758. The maximum atomic E-state index is 5.20. The smallest absolute Gasteiger partial charge is 0.154 e. The molecule has 3 rings (SSSR count). The molecule has 3 aromatic rings. The van der Waals surface area contributed by atoms with Gasteiger partial charge in [0, 0.05) is 25.5 Å². The third-order valence-electron chi connectivity index (χ3n) is 3.58. The highest BCUT2D eigenvalue weighted by atomic mass is 16.5. The first-order chi connectivity index (χ1) is 11.2. The molecule has 0 radical (unpaired) electrons. The van der Waals surface area contributed by atoms with Crippen molar-refractivity contribution >= 4 is 16.9 Å². The van der Waals surface area contributed by atoms with Crippen LogP contribution in [0, 0.1) is 6.92 Å². The van der Waals surface area contributed by atoms with Gasteiger partial charge in [0.15, 0.2) is 5.82 Å². The Morgan fingerprint density at radius 2 is 2.13 bits per heavy atom. The SMILES string of the molecule is COC[C@H](C)Nc1nc(C)nc2ccn(Cc3ccccn3)c12. The number of rotatable bonds is 6. The monoisotopic (exact) mass is 311 g/mol. The van der Waals surface area contributed by atoms with E-state index in [1.165, 1.54) is 0 Å². The Balaban J connectivity index is 1.99. The van der Waals surface area contributed by atoms with Crippen molar-refractivity contribution in [2.45, 2.75) is 26.4 Å². The second-order valence-corrected chi connectivity index (χ2v) is 5.62. The van der Waals surface area contributed by atoms with Crippen LogP contribution in [-0.4, -0.2) is 39.3 Å². The van der Waals surface area contributed by atoms with E-state index in [1.54, 1.807) is 7.11 Å². The molecular formula is C17H21N5O. The summed E-state index contributed by atoms with van der Waals surface area (Å²) >= 11 is 0. The Labute approximate surface area is 135 Å². The van der Waals surface area contributed by atoms with E-state index < -0.39 is 0 Å². The number of hydrogen-bond donors (Lipinski definition) is 1. The van der Waals surface area contributed by atoms with Crippen LogP contribution in [0.1, 0.15) is 18.4 Å². The van der Waals surface area contributed by atoms with Crippen molar-refractivity contribution in [2.24, 2.45) is 0 Å². The molecule has 0 bridgehead atoms. The molecule has 120 valence electrons. The summed E-state index contributed by atoms with van der Waals surface area (Å²) in [7, 11) is 1.70. The molecule has 1 atom stereocenters. The summed E-state index contributed by atoms with van der Waals surface area (Å²) in [4.78, 5) is 13.5. The second-order valence-electron chi connectivity index (χ2n) is 5.62. The molecule has 6 heteroatoms. The molecule has 0 aliphatic rings. The zero-order valence-corrected chi connectivity index (χ0v) is 13.7. The lowest BCUT2D eigenvalue weighted by Gasteiger charge is -2.16. The number of methoxy groups -OCH3 is 1. The van der Waals surface area contributed by atoms with Crippen molar-refractivity contribution in [1.29, 1.82) is 0 Å². The molecule has 3 heterocycles. The Hall–Kier alpha value is -2.47. The van der Waals surface area contributed by atoms with Crippen LogP contribution in [-0.2, 0) is 11.3 Å². The number of pyridine rings is 1. The predicted octanol–water partition coefficient (Wildman–Crippen LogP) is 2.63. The van der Waals surface area contributed by atoms with Gasteiger partial charge in [-0.25, -0.2) is 9.97 Å². The van der Waals surface area contributed by atoms with E-state index >= 15 is 0 Å². The maximum Gasteiger partial charge on any atom is 0.154 e. The Bertz CT molecular complexity index is 784. The summed E-state index contributed by atoms with van der Waals surface area (Å²) in [6, 6.07) is 8.11. The molecule has 23 heavy (non-hydrogen) atoms. The average molecular weight is 311 g/mol. The largest absolute Gasteiger partial charge is 0.383 e. The average Bonchev–Trinajstić information content (AvgIpc) is 2.91. The molecule has 6 nitrogen and oxygen atoms in total. The summed E-state index contributed by atoms with van der Waals surface area (Å²) in [5, 5.41) is 3.42. The molecule has 0 saturated carbocycles. The first-order valence-electron chi connectivity index (χ1n) is 7.66. The van der Waals surface area contributed by atoms with Crippen molar-refractivity contribution in [1.82, 2.24) is 19.5 Å². The first kappa shape index (κ1) is 15.4. The van der Waals surface area contributed by atoms with Crippen LogP contribution in [0.2, 0.25) is 0 Å². The molecule has 0 aromatic carbocycles. The predicted molar refractivity (Wildman–Crippen MR) is 90.6 cm³/mol. The standard InChI is InChI=1S/C17H21N5O/c1-12(11-23-3)19-17-16-15(20-13(2)21-17)7-9-22(16)10-14-6-4-5-8-18-14/h4-9,12H,10-11H2,1-3H3,(H,19,20,21)/t12-/m0/s1. The minimum Gasteiger partial charge on any atom is -0.383 e. The zero-order valence-electron chi connectivity index (χ0n) is 13.7. The van der Waals surface area contributed by atoms with Gasteiger partial charge < -0.3 is 14.6 Å². The summed E-state index contributed by atoms with van der Waals surface area (Å²) in [5.41, 5.74) is 2.92. The fraction of sp³-hybridized carbons (Fsp3) is 0.353. The summed E-state index contributed by atoms with van der Waals surface area (Å²) in [6.07, 6.45) is 3.83. The van der Waals surface area contributed by atoms with E-state index in [-0.39, 0.29) is 6.04 Å². The van der Waals surface area contributed by atoms with Gasteiger partial charge in [0.05, 0.1) is 24.4 Å². The van der Waals surface area contributed by atoms with E-state index in [0.29, 0.717) is 13.2 Å².